The van der Waals surface area contributed by atoms with E-state index in [-0.39, 0.29) is 0 Å². The molecule has 2 aromatic heterocycles. The summed E-state index contributed by atoms with van der Waals surface area (Å²) in [5.74, 6) is 0.765. The standard InChI is InChI=1S/C22H23BrN6O/c1-15-18(23)3-2-4-19(15)28-22-16(12-24)13-26-20-14-27-21(11-17(20)22)25-5-6-29-7-9-30-10-8-29/h2-4,11,13-14H,5-10H2,1H3,(H,25,27)(H,26,28). The highest BCUT2D eigenvalue weighted by Crippen LogP contribution is 2.32. The molecule has 0 bridgehead atoms. The number of ether oxygens (including phenoxy) is 1. The predicted octanol–water partition coefficient (Wildman–Crippen LogP) is 4.06. The fraction of sp³-hybridized carbons (Fsp3) is 0.318. The summed E-state index contributed by atoms with van der Waals surface area (Å²) in [6, 6.07) is 10.2. The van der Waals surface area contributed by atoms with Crippen molar-refractivity contribution in [2.75, 3.05) is 50.0 Å². The molecule has 8 heteroatoms. The second-order valence-corrected chi connectivity index (χ2v) is 8.02. The van der Waals surface area contributed by atoms with Crippen LogP contribution in [-0.2, 0) is 4.74 Å². The predicted molar refractivity (Wildman–Crippen MR) is 122 cm³/mol. The number of nitrogens with one attached hydrogen (secondary N) is 2. The van der Waals surface area contributed by atoms with Gasteiger partial charge < -0.3 is 15.4 Å². The molecule has 0 amide bonds. The van der Waals surface area contributed by atoms with Gasteiger partial charge >= 0.3 is 0 Å². The lowest BCUT2D eigenvalue weighted by atomic mass is 10.1. The van der Waals surface area contributed by atoms with E-state index in [1.807, 2.05) is 31.2 Å². The van der Waals surface area contributed by atoms with Crippen LogP contribution in [0.4, 0.5) is 17.2 Å². The van der Waals surface area contributed by atoms with Crippen LogP contribution in [0.3, 0.4) is 0 Å². The average molecular weight is 467 g/mol. The average Bonchev–Trinajstić information content (AvgIpc) is 2.78. The van der Waals surface area contributed by atoms with Crippen molar-refractivity contribution in [3.8, 4) is 6.07 Å². The third kappa shape index (κ3) is 4.54. The smallest absolute Gasteiger partial charge is 0.126 e. The molecule has 7 nitrogen and oxygen atoms in total. The largest absolute Gasteiger partial charge is 0.379 e. The number of anilines is 3. The normalized spacial score (nSPS) is 14.4. The Bertz CT molecular complexity index is 1090. The molecular weight excluding hydrogens is 444 g/mol. The number of halogens is 1. The minimum atomic E-state index is 0.493. The van der Waals surface area contributed by atoms with Crippen LogP contribution in [0.25, 0.3) is 10.9 Å². The summed E-state index contributed by atoms with van der Waals surface area (Å²) in [6.45, 7) is 7.26. The number of pyridine rings is 2. The Morgan fingerprint density at radius 1 is 1.23 bits per heavy atom. The van der Waals surface area contributed by atoms with Crippen LogP contribution in [0.1, 0.15) is 11.1 Å². The van der Waals surface area contributed by atoms with Crippen molar-refractivity contribution in [2.45, 2.75) is 6.92 Å². The van der Waals surface area contributed by atoms with Gasteiger partial charge in [0.15, 0.2) is 0 Å². The Hall–Kier alpha value is -2.73. The van der Waals surface area contributed by atoms with Gasteiger partial charge in [-0.2, -0.15) is 5.26 Å². The number of nitriles is 1. The molecule has 1 saturated heterocycles. The molecule has 1 fully saturated rings. The first-order valence-corrected chi connectivity index (χ1v) is 10.7. The molecule has 3 heterocycles. The van der Waals surface area contributed by atoms with E-state index >= 15 is 0 Å². The first-order valence-electron chi connectivity index (χ1n) is 9.90. The first-order chi connectivity index (χ1) is 14.7. The second-order valence-electron chi connectivity index (χ2n) is 7.16. The number of aromatic nitrogens is 2. The number of hydrogen-bond donors (Lipinski definition) is 2. The van der Waals surface area contributed by atoms with Gasteiger partial charge in [0.2, 0.25) is 0 Å². The van der Waals surface area contributed by atoms with Gasteiger partial charge in [0.1, 0.15) is 11.9 Å². The molecule has 2 N–H and O–H groups in total. The Kier molecular flexibility index (Phi) is 6.43. The lowest BCUT2D eigenvalue weighted by Gasteiger charge is -2.26. The van der Waals surface area contributed by atoms with E-state index in [1.165, 1.54) is 0 Å². The van der Waals surface area contributed by atoms with Gasteiger partial charge in [-0.3, -0.25) is 9.88 Å². The van der Waals surface area contributed by atoms with Crippen LogP contribution in [0.15, 0.2) is 41.1 Å². The summed E-state index contributed by atoms with van der Waals surface area (Å²) < 4.78 is 6.41. The van der Waals surface area contributed by atoms with Gasteiger partial charge in [-0.05, 0) is 30.7 Å². The maximum Gasteiger partial charge on any atom is 0.126 e. The van der Waals surface area contributed by atoms with E-state index < -0.39 is 0 Å². The number of benzene rings is 1. The van der Waals surface area contributed by atoms with E-state index in [9.17, 15) is 5.26 Å². The fourth-order valence-electron chi connectivity index (χ4n) is 3.46. The van der Waals surface area contributed by atoms with Crippen molar-refractivity contribution in [1.29, 1.82) is 5.26 Å². The Morgan fingerprint density at radius 2 is 2.07 bits per heavy atom. The van der Waals surface area contributed by atoms with Crippen molar-refractivity contribution in [1.82, 2.24) is 14.9 Å². The van der Waals surface area contributed by atoms with E-state index in [4.69, 9.17) is 4.74 Å². The number of rotatable bonds is 6. The second kappa shape index (κ2) is 9.39. The summed E-state index contributed by atoms with van der Waals surface area (Å²) in [7, 11) is 0. The van der Waals surface area contributed by atoms with Gasteiger partial charge in [-0.15, -0.1) is 0 Å². The van der Waals surface area contributed by atoms with Crippen LogP contribution < -0.4 is 10.6 Å². The Labute approximate surface area is 184 Å². The highest BCUT2D eigenvalue weighted by molar-refractivity contribution is 9.10. The quantitative estimate of drug-likeness (QED) is 0.566. The van der Waals surface area contributed by atoms with E-state index in [1.54, 1.807) is 12.4 Å². The molecule has 0 radical (unpaired) electrons. The number of nitrogens with zero attached hydrogens (tertiary/aromatic N) is 4. The molecule has 0 unspecified atom stereocenters. The molecule has 0 saturated carbocycles. The number of fused-ring (bicyclic) bond motifs is 1. The topological polar surface area (TPSA) is 86.1 Å². The van der Waals surface area contributed by atoms with Crippen LogP contribution in [0.2, 0.25) is 0 Å². The third-order valence-electron chi connectivity index (χ3n) is 5.24. The van der Waals surface area contributed by atoms with E-state index in [0.29, 0.717) is 5.56 Å². The molecular formula is C22H23BrN6O. The Morgan fingerprint density at radius 3 is 2.87 bits per heavy atom. The highest BCUT2D eigenvalue weighted by atomic mass is 79.9. The summed E-state index contributed by atoms with van der Waals surface area (Å²) >= 11 is 3.57. The zero-order valence-corrected chi connectivity index (χ0v) is 18.4. The molecule has 1 aromatic carbocycles. The van der Waals surface area contributed by atoms with Crippen LogP contribution in [0, 0.1) is 18.3 Å². The molecule has 30 heavy (non-hydrogen) atoms. The van der Waals surface area contributed by atoms with Gasteiger partial charge in [-0.25, -0.2) is 4.98 Å². The van der Waals surface area contributed by atoms with E-state index in [0.717, 1.165) is 77.5 Å². The Balaban J connectivity index is 1.60. The minimum Gasteiger partial charge on any atom is -0.379 e. The van der Waals surface area contributed by atoms with Gasteiger partial charge in [-0.1, -0.05) is 22.0 Å². The lowest BCUT2D eigenvalue weighted by Crippen LogP contribution is -2.39. The molecule has 1 aliphatic rings. The van der Waals surface area contributed by atoms with Crippen LogP contribution in [0.5, 0.6) is 0 Å². The van der Waals surface area contributed by atoms with Gasteiger partial charge in [0.05, 0.1) is 36.2 Å². The zero-order valence-electron chi connectivity index (χ0n) is 16.8. The minimum absolute atomic E-state index is 0.493. The van der Waals surface area contributed by atoms with E-state index in [2.05, 4.69) is 47.5 Å². The molecule has 0 aliphatic carbocycles. The van der Waals surface area contributed by atoms with Crippen molar-refractivity contribution in [3.63, 3.8) is 0 Å². The molecule has 4 rings (SSSR count). The summed E-state index contributed by atoms with van der Waals surface area (Å²) in [6.07, 6.45) is 3.33. The molecule has 0 atom stereocenters. The van der Waals surface area contributed by atoms with Gasteiger partial charge in [0, 0.05) is 47.9 Å². The van der Waals surface area contributed by atoms with Crippen molar-refractivity contribution in [3.05, 3.63) is 52.3 Å². The first kappa shape index (κ1) is 20.5. The fourth-order valence-corrected chi connectivity index (χ4v) is 3.82. The SMILES string of the molecule is Cc1c(Br)cccc1Nc1c(C#N)cnc2cnc(NCCN3CCOCC3)cc12. The van der Waals surface area contributed by atoms with Crippen molar-refractivity contribution >= 4 is 44.0 Å². The van der Waals surface area contributed by atoms with Crippen LogP contribution >= 0.6 is 15.9 Å². The highest BCUT2D eigenvalue weighted by Gasteiger charge is 2.13. The molecule has 3 aromatic rings. The zero-order chi connectivity index (χ0) is 20.9. The summed E-state index contributed by atoms with van der Waals surface area (Å²) in [4.78, 5) is 11.3. The number of hydrogen-bond acceptors (Lipinski definition) is 7. The third-order valence-corrected chi connectivity index (χ3v) is 6.10. The van der Waals surface area contributed by atoms with Crippen LogP contribution in [-0.4, -0.2) is 54.3 Å². The van der Waals surface area contributed by atoms with Crippen molar-refractivity contribution in [2.24, 2.45) is 0 Å². The monoisotopic (exact) mass is 466 g/mol. The van der Waals surface area contributed by atoms with Crippen molar-refractivity contribution < 1.29 is 4.74 Å². The molecule has 0 spiro atoms. The molecule has 1 aliphatic heterocycles. The lowest BCUT2D eigenvalue weighted by molar-refractivity contribution is 0.0398. The van der Waals surface area contributed by atoms with Gasteiger partial charge in [0.25, 0.3) is 0 Å². The maximum atomic E-state index is 9.65. The summed E-state index contributed by atoms with van der Waals surface area (Å²) in [5, 5.41) is 17.3. The maximum absolute atomic E-state index is 9.65. The molecule has 154 valence electrons. The number of morpholine rings is 1. The summed E-state index contributed by atoms with van der Waals surface area (Å²) in [5.41, 5.74) is 3.98.